The smallest absolute Gasteiger partial charge is 0.330 e. The molecule has 0 unspecified atom stereocenters. The van der Waals surface area contributed by atoms with E-state index in [0.29, 0.717) is 5.75 Å². The van der Waals surface area contributed by atoms with Gasteiger partial charge in [0.2, 0.25) is 0 Å². The highest BCUT2D eigenvalue weighted by Crippen LogP contribution is 2.30. The van der Waals surface area contributed by atoms with E-state index in [4.69, 9.17) is 8.92 Å². The average molecular weight is 419 g/mol. The lowest BCUT2D eigenvalue weighted by molar-refractivity contribution is -0.134. The van der Waals surface area contributed by atoms with E-state index >= 15 is 0 Å². The maximum absolute atomic E-state index is 12.7. The molecular formula is C22H26O6S. The molecule has 2 rings (SSSR count). The van der Waals surface area contributed by atoms with Crippen molar-refractivity contribution in [1.82, 2.24) is 0 Å². The zero-order valence-corrected chi connectivity index (χ0v) is 18.0. The Kier molecular flexibility index (Phi) is 7.59. The molecule has 2 aromatic rings. The molecule has 7 heteroatoms. The van der Waals surface area contributed by atoms with Gasteiger partial charge in [0.15, 0.2) is 0 Å². The predicted molar refractivity (Wildman–Crippen MR) is 111 cm³/mol. The summed E-state index contributed by atoms with van der Waals surface area (Å²) in [5.74, 6) is -0.321. The second kappa shape index (κ2) is 9.71. The largest absolute Gasteiger partial charge is 0.496 e. The van der Waals surface area contributed by atoms with Crippen LogP contribution < -0.4 is 4.74 Å². The van der Waals surface area contributed by atoms with Gasteiger partial charge < -0.3 is 9.47 Å². The molecule has 0 N–H and O–H groups in total. The Morgan fingerprint density at radius 1 is 1.03 bits per heavy atom. The molecule has 0 aliphatic carbocycles. The summed E-state index contributed by atoms with van der Waals surface area (Å²) in [6.45, 7) is 5.41. The van der Waals surface area contributed by atoms with Gasteiger partial charge in [-0.25, -0.2) is 4.79 Å². The van der Waals surface area contributed by atoms with E-state index in [-0.39, 0.29) is 4.90 Å². The van der Waals surface area contributed by atoms with Crippen molar-refractivity contribution in [2.24, 2.45) is 0 Å². The van der Waals surface area contributed by atoms with Crippen LogP contribution in [0.5, 0.6) is 5.75 Å². The van der Waals surface area contributed by atoms with Crippen molar-refractivity contribution in [1.29, 1.82) is 0 Å². The van der Waals surface area contributed by atoms with Gasteiger partial charge in [0.25, 0.3) is 10.1 Å². The molecule has 0 saturated carbocycles. The molecule has 0 aromatic heterocycles. The number of ether oxygens (including phenoxy) is 2. The van der Waals surface area contributed by atoms with Gasteiger partial charge in [-0.15, -0.1) is 0 Å². The van der Waals surface area contributed by atoms with Crippen molar-refractivity contribution in [3.05, 3.63) is 71.3 Å². The van der Waals surface area contributed by atoms with E-state index in [2.05, 4.69) is 4.74 Å². The average Bonchev–Trinajstić information content (AvgIpc) is 2.68. The molecule has 0 radical (unpaired) electrons. The molecule has 0 aliphatic rings. The summed E-state index contributed by atoms with van der Waals surface area (Å²) in [5.41, 5.74) is 2.62. The fraction of sp³-hybridized carbons (Fsp3) is 0.318. The zero-order chi connectivity index (χ0) is 21.6. The quantitative estimate of drug-likeness (QED) is 0.367. The van der Waals surface area contributed by atoms with Crippen LogP contribution in [0.3, 0.4) is 0 Å². The number of aryl methyl sites for hydroxylation is 2. The molecule has 0 fully saturated rings. The Hall–Kier alpha value is -2.64. The van der Waals surface area contributed by atoms with E-state index in [1.165, 1.54) is 25.3 Å². The number of methoxy groups -OCH3 is 2. The molecule has 0 heterocycles. The van der Waals surface area contributed by atoms with E-state index in [9.17, 15) is 13.2 Å². The summed E-state index contributed by atoms with van der Waals surface area (Å²) in [5, 5.41) is 0. The van der Waals surface area contributed by atoms with Crippen molar-refractivity contribution in [2.75, 3.05) is 14.2 Å². The Bertz CT molecular complexity index is 977. The monoisotopic (exact) mass is 418 g/mol. The van der Waals surface area contributed by atoms with Crippen LogP contribution >= 0.6 is 0 Å². The first-order valence-corrected chi connectivity index (χ1v) is 10.5. The van der Waals surface area contributed by atoms with E-state index in [1.54, 1.807) is 38.3 Å². The van der Waals surface area contributed by atoms with Crippen LogP contribution in [0.25, 0.3) is 0 Å². The van der Waals surface area contributed by atoms with E-state index < -0.39 is 28.1 Å². The highest BCUT2D eigenvalue weighted by molar-refractivity contribution is 7.86. The fourth-order valence-electron chi connectivity index (χ4n) is 2.92. The van der Waals surface area contributed by atoms with Gasteiger partial charge in [-0.2, -0.15) is 8.42 Å². The molecule has 0 amide bonds. The maximum atomic E-state index is 12.7. The Morgan fingerprint density at radius 3 is 2.24 bits per heavy atom. The van der Waals surface area contributed by atoms with E-state index in [0.717, 1.165) is 16.7 Å². The van der Waals surface area contributed by atoms with Crippen LogP contribution in [0.4, 0.5) is 0 Å². The molecule has 0 bridgehead atoms. The summed E-state index contributed by atoms with van der Waals surface area (Å²) in [4.78, 5) is 11.7. The number of carbonyl (C=O) groups is 1. The Morgan fingerprint density at radius 2 is 1.69 bits per heavy atom. The van der Waals surface area contributed by atoms with Gasteiger partial charge in [0.05, 0.1) is 25.2 Å². The second-order valence-corrected chi connectivity index (χ2v) is 8.28. The fourth-order valence-corrected chi connectivity index (χ4v) is 4.02. The lowest BCUT2D eigenvalue weighted by Gasteiger charge is -2.22. The summed E-state index contributed by atoms with van der Waals surface area (Å²) >= 11 is 0. The zero-order valence-electron chi connectivity index (χ0n) is 17.2. The molecule has 2 atom stereocenters. The SMILES string of the molecule is COC(=O)/C=C/[C@@H](c1ccc(OC)c(C)c1)[C@H](C)OS(=O)(=O)c1ccc(C)cc1. The summed E-state index contributed by atoms with van der Waals surface area (Å²) in [6.07, 6.45) is 2.08. The lowest BCUT2D eigenvalue weighted by Crippen LogP contribution is -2.22. The molecule has 6 nitrogen and oxygen atoms in total. The van der Waals surface area contributed by atoms with Crippen LogP contribution in [0.1, 0.15) is 29.5 Å². The third kappa shape index (κ3) is 5.92. The predicted octanol–water partition coefficient (Wildman–Crippen LogP) is 3.92. The number of rotatable bonds is 8. The normalized spacial score (nSPS) is 13.8. The van der Waals surface area contributed by atoms with Gasteiger partial charge in [0.1, 0.15) is 5.75 Å². The van der Waals surface area contributed by atoms with Crippen molar-refractivity contribution in [2.45, 2.75) is 37.7 Å². The van der Waals surface area contributed by atoms with Crippen LogP contribution in [-0.2, 0) is 23.8 Å². The number of carbonyl (C=O) groups excluding carboxylic acids is 1. The first kappa shape index (κ1) is 22.6. The molecule has 29 heavy (non-hydrogen) atoms. The lowest BCUT2D eigenvalue weighted by atomic mass is 9.92. The maximum Gasteiger partial charge on any atom is 0.330 e. The van der Waals surface area contributed by atoms with Gasteiger partial charge >= 0.3 is 5.97 Å². The van der Waals surface area contributed by atoms with Crippen molar-refractivity contribution < 1.29 is 26.9 Å². The molecule has 0 saturated heterocycles. The minimum Gasteiger partial charge on any atom is -0.496 e. The van der Waals surface area contributed by atoms with Crippen molar-refractivity contribution >= 4 is 16.1 Å². The van der Waals surface area contributed by atoms with Crippen molar-refractivity contribution in [3.8, 4) is 5.75 Å². The first-order valence-electron chi connectivity index (χ1n) is 9.08. The van der Waals surface area contributed by atoms with Gasteiger partial charge in [0, 0.05) is 12.0 Å². The molecular weight excluding hydrogens is 392 g/mol. The highest BCUT2D eigenvalue weighted by atomic mass is 32.2. The standard InChI is InChI=1S/C22H26O6S/c1-15-6-9-19(10-7-15)29(24,25)28-17(3)20(11-13-22(23)27-5)18-8-12-21(26-4)16(2)14-18/h6-14,17,20H,1-5H3/b13-11+/t17-,20+/m0/s1. The number of esters is 1. The Balaban J connectivity index is 2.37. The summed E-state index contributed by atoms with van der Waals surface area (Å²) < 4.78 is 40.8. The molecule has 156 valence electrons. The third-order valence-electron chi connectivity index (χ3n) is 4.54. The van der Waals surface area contributed by atoms with Crippen LogP contribution in [-0.4, -0.2) is 34.7 Å². The van der Waals surface area contributed by atoms with Crippen LogP contribution in [0.2, 0.25) is 0 Å². The number of hydrogen-bond donors (Lipinski definition) is 0. The summed E-state index contributed by atoms with van der Waals surface area (Å²) in [7, 11) is -1.11. The highest BCUT2D eigenvalue weighted by Gasteiger charge is 2.26. The minimum atomic E-state index is -3.97. The van der Waals surface area contributed by atoms with E-state index in [1.807, 2.05) is 26.0 Å². The topological polar surface area (TPSA) is 78.9 Å². The van der Waals surface area contributed by atoms with Gasteiger partial charge in [-0.3, -0.25) is 4.18 Å². The van der Waals surface area contributed by atoms with Crippen LogP contribution in [0.15, 0.2) is 59.5 Å². The van der Waals surface area contributed by atoms with Crippen molar-refractivity contribution in [3.63, 3.8) is 0 Å². The Labute approximate surface area is 172 Å². The molecule has 0 aliphatic heterocycles. The summed E-state index contributed by atoms with van der Waals surface area (Å²) in [6, 6.07) is 11.9. The first-order chi connectivity index (χ1) is 13.7. The third-order valence-corrected chi connectivity index (χ3v) is 5.94. The number of benzene rings is 2. The minimum absolute atomic E-state index is 0.0801. The van der Waals surface area contributed by atoms with Crippen LogP contribution in [0, 0.1) is 13.8 Å². The van der Waals surface area contributed by atoms with Gasteiger partial charge in [-0.05, 0) is 50.1 Å². The molecule has 0 spiro atoms. The molecule has 2 aromatic carbocycles. The second-order valence-electron chi connectivity index (χ2n) is 6.71. The number of hydrogen-bond acceptors (Lipinski definition) is 6. The van der Waals surface area contributed by atoms with Gasteiger partial charge in [-0.1, -0.05) is 35.9 Å².